The first kappa shape index (κ1) is 10.2. The summed E-state index contributed by atoms with van der Waals surface area (Å²) in [5.41, 5.74) is 2.49. The molecule has 2 heteroatoms. The van der Waals surface area contributed by atoms with Gasteiger partial charge < -0.3 is 0 Å². The van der Waals surface area contributed by atoms with Crippen LogP contribution in [-0.2, 0) is 0 Å². The van der Waals surface area contributed by atoms with Gasteiger partial charge in [-0.05, 0) is 29.3 Å². The first-order valence-corrected chi connectivity index (χ1v) is 5.48. The maximum Gasteiger partial charge on any atom is 0.127 e. The van der Waals surface area contributed by atoms with Gasteiger partial charge in [0.1, 0.15) is 11.6 Å². The first-order chi connectivity index (χ1) is 8.25. The predicted octanol–water partition coefficient (Wildman–Crippen LogP) is 4.12. The number of hydrogen-bond acceptors (Lipinski definition) is 0. The topological polar surface area (TPSA) is 0 Å². The van der Waals surface area contributed by atoms with Gasteiger partial charge >= 0.3 is 0 Å². The second-order valence-electron chi connectivity index (χ2n) is 4.13. The van der Waals surface area contributed by atoms with Crippen molar-refractivity contribution in [3.05, 3.63) is 76.9 Å². The van der Waals surface area contributed by atoms with Crippen LogP contribution >= 0.6 is 0 Å². The minimum atomic E-state index is -0.404. The second-order valence-corrected chi connectivity index (χ2v) is 4.13. The van der Waals surface area contributed by atoms with Gasteiger partial charge in [0.05, 0.1) is 0 Å². The van der Waals surface area contributed by atoms with E-state index in [1.54, 1.807) is 0 Å². The molecule has 0 heterocycles. The van der Waals surface area contributed by atoms with E-state index in [9.17, 15) is 8.78 Å². The lowest BCUT2D eigenvalue weighted by atomic mass is 9.93. The van der Waals surface area contributed by atoms with Crippen LogP contribution in [0.1, 0.15) is 22.6 Å². The van der Waals surface area contributed by atoms with Crippen molar-refractivity contribution >= 4 is 6.08 Å². The van der Waals surface area contributed by atoms with Crippen LogP contribution in [0.3, 0.4) is 0 Å². The van der Waals surface area contributed by atoms with Gasteiger partial charge in [0, 0.05) is 11.5 Å². The van der Waals surface area contributed by atoms with Crippen molar-refractivity contribution in [1.29, 1.82) is 0 Å². The summed E-state index contributed by atoms with van der Waals surface area (Å²) in [6.45, 7) is 0. The molecule has 0 fully saturated rings. The zero-order chi connectivity index (χ0) is 11.8. The van der Waals surface area contributed by atoms with Gasteiger partial charge in [0.15, 0.2) is 0 Å². The van der Waals surface area contributed by atoms with Crippen molar-refractivity contribution in [2.75, 3.05) is 0 Å². The van der Waals surface area contributed by atoms with Gasteiger partial charge in [-0.2, -0.15) is 0 Å². The highest BCUT2D eigenvalue weighted by Crippen LogP contribution is 2.36. The van der Waals surface area contributed by atoms with E-state index >= 15 is 0 Å². The Bertz CT molecular complexity index is 600. The number of halogens is 2. The third kappa shape index (κ3) is 1.66. The average Bonchev–Trinajstić information content (AvgIpc) is 2.76. The lowest BCUT2D eigenvalue weighted by molar-refractivity contribution is 0.584. The van der Waals surface area contributed by atoms with Crippen LogP contribution in [-0.4, -0.2) is 0 Å². The van der Waals surface area contributed by atoms with Gasteiger partial charge in [-0.15, -0.1) is 0 Å². The van der Waals surface area contributed by atoms with Crippen molar-refractivity contribution in [1.82, 2.24) is 0 Å². The lowest BCUT2D eigenvalue weighted by Crippen LogP contribution is -2.00. The Balaban J connectivity index is 2.13. The van der Waals surface area contributed by atoms with E-state index in [1.807, 2.05) is 36.4 Å². The largest absolute Gasteiger partial charge is 0.207 e. The maximum atomic E-state index is 13.7. The standard InChI is InChI=1S/C15H10F2/c16-11-6-8-15(17)14(9-11)13-7-5-10-3-1-2-4-12(10)13/h1-9,13H. The number of allylic oxidation sites excluding steroid dienone is 1. The van der Waals surface area contributed by atoms with Crippen molar-refractivity contribution in [3.8, 4) is 0 Å². The van der Waals surface area contributed by atoms with Crippen LogP contribution in [0, 0.1) is 11.6 Å². The predicted molar refractivity (Wildman–Crippen MR) is 63.7 cm³/mol. The number of rotatable bonds is 1. The van der Waals surface area contributed by atoms with Gasteiger partial charge in [0.25, 0.3) is 0 Å². The molecule has 2 aromatic carbocycles. The van der Waals surface area contributed by atoms with Crippen molar-refractivity contribution in [3.63, 3.8) is 0 Å². The minimum Gasteiger partial charge on any atom is -0.207 e. The number of fused-ring (bicyclic) bond motifs is 1. The Kier molecular flexibility index (Phi) is 2.29. The van der Waals surface area contributed by atoms with Gasteiger partial charge in [-0.3, -0.25) is 0 Å². The molecule has 0 saturated heterocycles. The van der Waals surface area contributed by atoms with Crippen molar-refractivity contribution in [2.24, 2.45) is 0 Å². The fraction of sp³-hybridized carbons (Fsp3) is 0.0667. The fourth-order valence-corrected chi connectivity index (χ4v) is 2.27. The quantitative estimate of drug-likeness (QED) is 0.688. The highest BCUT2D eigenvalue weighted by molar-refractivity contribution is 5.65. The van der Waals surface area contributed by atoms with Crippen LogP contribution in [0.2, 0.25) is 0 Å². The molecule has 0 nitrogen and oxygen atoms in total. The highest BCUT2D eigenvalue weighted by Gasteiger charge is 2.21. The summed E-state index contributed by atoms with van der Waals surface area (Å²) >= 11 is 0. The summed E-state index contributed by atoms with van der Waals surface area (Å²) in [7, 11) is 0. The lowest BCUT2D eigenvalue weighted by Gasteiger charge is -2.12. The molecule has 1 unspecified atom stereocenters. The molecule has 3 rings (SSSR count). The monoisotopic (exact) mass is 228 g/mol. The zero-order valence-electron chi connectivity index (χ0n) is 9.03. The van der Waals surface area contributed by atoms with Gasteiger partial charge in [-0.1, -0.05) is 36.4 Å². The molecule has 0 radical (unpaired) electrons. The molecule has 0 bridgehead atoms. The molecule has 2 aromatic rings. The average molecular weight is 228 g/mol. The molecule has 0 aliphatic heterocycles. The molecule has 84 valence electrons. The highest BCUT2D eigenvalue weighted by atomic mass is 19.1. The molecule has 0 amide bonds. The Labute approximate surface area is 98.2 Å². The van der Waals surface area contributed by atoms with Crippen molar-refractivity contribution in [2.45, 2.75) is 5.92 Å². The second kappa shape index (κ2) is 3.81. The molecular weight excluding hydrogens is 218 g/mol. The minimum absolute atomic E-state index is 0.179. The van der Waals surface area contributed by atoms with Crippen LogP contribution in [0.4, 0.5) is 8.78 Å². The fourth-order valence-electron chi connectivity index (χ4n) is 2.27. The summed E-state index contributed by atoms with van der Waals surface area (Å²) in [6, 6.07) is 11.4. The molecule has 17 heavy (non-hydrogen) atoms. The normalized spacial score (nSPS) is 17.2. The summed E-state index contributed by atoms with van der Waals surface area (Å²) in [6.07, 6.45) is 3.85. The zero-order valence-corrected chi connectivity index (χ0v) is 9.03. The molecule has 0 spiro atoms. The van der Waals surface area contributed by atoms with Crippen molar-refractivity contribution < 1.29 is 8.78 Å². The van der Waals surface area contributed by atoms with Gasteiger partial charge in [-0.25, -0.2) is 8.78 Å². The smallest absolute Gasteiger partial charge is 0.127 e. The van der Waals surface area contributed by atoms with Crippen LogP contribution in [0.25, 0.3) is 6.08 Å². The van der Waals surface area contributed by atoms with E-state index in [0.717, 1.165) is 17.2 Å². The maximum absolute atomic E-state index is 13.7. The Hall–Kier alpha value is -1.96. The van der Waals surface area contributed by atoms with E-state index in [1.165, 1.54) is 12.1 Å². The third-order valence-electron chi connectivity index (χ3n) is 3.09. The van der Waals surface area contributed by atoms with Crippen LogP contribution in [0.15, 0.2) is 48.5 Å². The molecule has 0 N–H and O–H groups in total. The number of hydrogen-bond donors (Lipinski definition) is 0. The molecule has 1 aliphatic rings. The molecule has 0 aromatic heterocycles. The first-order valence-electron chi connectivity index (χ1n) is 5.48. The Morgan fingerprint density at radius 1 is 0.882 bits per heavy atom. The molecular formula is C15H10F2. The Morgan fingerprint density at radius 3 is 2.59 bits per heavy atom. The number of benzene rings is 2. The summed E-state index contributed by atoms with van der Waals surface area (Å²) in [5.74, 6) is -0.946. The molecule has 1 aliphatic carbocycles. The SMILES string of the molecule is Fc1ccc(F)c(C2C=Cc3ccccc32)c1. The summed E-state index contributed by atoms with van der Waals surface area (Å²) in [5, 5.41) is 0. The van der Waals surface area contributed by atoms with E-state index in [4.69, 9.17) is 0 Å². The van der Waals surface area contributed by atoms with E-state index < -0.39 is 5.82 Å². The van der Waals surface area contributed by atoms with E-state index in [0.29, 0.717) is 5.56 Å². The summed E-state index contributed by atoms with van der Waals surface area (Å²) < 4.78 is 26.9. The van der Waals surface area contributed by atoms with Crippen LogP contribution < -0.4 is 0 Å². The molecule has 1 atom stereocenters. The van der Waals surface area contributed by atoms with Crippen LogP contribution in [0.5, 0.6) is 0 Å². The summed E-state index contributed by atoms with van der Waals surface area (Å²) in [4.78, 5) is 0. The van der Waals surface area contributed by atoms with E-state index in [2.05, 4.69) is 0 Å². The third-order valence-corrected chi connectivity index (χ3v) is 3.09. The van der Waals surface area contributed by atoms with E-state index in [-0.39, 0.29) is 11.7 Å². The molecule has 0 saturated carbocycles. The van der Waals surface area contributed by atoms with Gasteiger partial charge in [0.2, 0.25) is 0 Å². The Morgan fingerprint density at radius 2 is 1.71 bits per heavy atom.